The second-order valence-corrected chi connectivity index (χ2v) is 7.43. The number of carbonyl (C=O) groups excluding carboxylic acids is 1. The van der Waals surface area contributed by atoms with Crippen molar-refractivity contribution >= 4 is 15.7 Å². The maximum absolute atomic E-state index is 12.5. The molecule has 0 spiro atoms. The molecule has 1 heterocycles. The van der Waals surface area contributed by atoms with Gasteiger partial charge in [-0.3, -0.25) is 4.79 Å². The Hall–Kier alpha value is -1.36. The van der Waals surface area contributed by atoms with Gasteiger partial charge in [0.25, 0.3) is 5.91 Å². The van der Waals surface area contributed by atoms with Crippen molar-refractivity contribution in [2.24, 2.45) is 0 Å². The van der Waals surface area contributed by atoms with Crippen molar-refractivity contribution in [3.8, 4) is 0 Å². The third-order valence-corrected chi connectivity index (χ3v) is 5.61. The van der Waals surface area contributed by atoms with Gasteiger partial charge in [0.05, 0.1) is 11.5 Å². The van der Waals surface area contributed by atoms with Crippen LogP contribution in [0, 0.1) is 0 Å². The molecule has 1 aromatic rings. The first-order valence-electron chi connectivity index (χ1n) is 7.07. The molecule has 1 atom stereocenters. The minimum Gasteiger partial charge on any atom is -0.335 e. The fourth-order valence-corrected chi connectivity index (χ4v) is 4.37. The van der Waals surface area contributed by atoms with E-state index in [4.69, 9.17) is 0 Å². The van der Waals surface area contributed by atoms with Gasteiger partial charge in [0.1, 0.15) is 0 Å². The first-order valence-corrected chi connectivity index (χ1v) is 8.89. The highest BCUT2D eigenvalue weighted by molar-refractivity contribution is 7.91. The van der Waals surface area contributed by atoms with Gasteiger partial charge in [-0.05, 0) is 37.5 Å². The van der Waals surface area contributed by atoms with Gasteiger partial charge in [-0.2, -0.15) is 0 Å². The van der Waals surface area contributed by atoms with E-state index in [1.165, 1.54) is 5.56 Å². The average molecular weight is 295 g/mol. The molecule has 110 valence electrons. The highest BCUT2D eigenvalue weighted by Gasteiger charge is 2.34. The number of aryl methyl sites for hydroxylation is 1. The van der Waals surface area contributed by atoms with Crippen LogP contribution in [-0.2, 0) is 16.3 Å². The molecular formula is C15H21NO3S. The number of amides is 1. The van der Waals surface area contributed by atoms with Gasteiger partial charge in [0.15, 0.2) is 9.84 Å². The highest BCUT2D eigenvalue weighted by atomic mass is 32.2. The van der Waals surface area contributed by atoms with Crippen molar-refractivity contribution in [1.29, 1.82) is 0 Å². The molecule has 0 bridgehead atoms. The van der Waals surface area contributed by atoms with E-state index >= 15 is 0 Å². The smallest absolute Gasteiger partial charge is 0.254 e. The Labute approximate surface area is 120 Å². The number of benzene rings is 1. The van der Waals surface area contributed by atoms with Crippen LogP contribution in [-0.4, -0.2) is 43.3 Å². The summed E-state index contributed by atoms with van der Waals surface area (Å²) in [5.74, 6) is 0.216. The van der Waals surface area contributed by atoms with Crippen molar-refractivity contribution in [3.63, 3.8) is 0 Å². The molecule has 5 heteroatoms. The molecule has 1 saturated heterocycles. The predicted molar refractivity (Wildman–Crippen MR) is 79.6 cm³/mol. The van der Waals surface area contributed by atoms with E-state index in [1.807, 2.05) is 31.2 Å². The Morgan fingerprint density at radius 1 is 1.25 bits per heavy atom. The maximum Gasteiger partial charge on any atom is 0.254 e. The molecule has 0 radical (unpaired) electrons. The van der Waals surface area contributed by atoms with Crippen LogP contribution in [0.15, 0.2) is 24.3 Å². The molecule has 1 aliphatic heterocycles. The lowest BCUT2D eigenvalue weighted by Crippen LogP contribution is -2.40. The number of hydrogen-bond donors (Lipinski definition) is 0. The normalized spacial score (nSPS) is 20.8. The zero-order valence-electron chi connectivity index (χ0n) is 12.0. The van der Waals surface area contributed by atoms with Crippen LogP contribution in [0.4, 0.5) is 0 Å². The molecule has 20 heavy (non-hydrogen) atoms. The van der Waals surface area contributed by atoms with Gasteiger partial charge in [-0.15, -0.1) is 0 Å². The zero-order valence-corrected chi connectivity index (χ0v) is 12.8. The van der Waals surface area contributed by atoms with Crippen LogP contribution < -0.4 is 0 Å². The van der Waals surface area contributed by atoms with Crippen molar-refractivity contribution in [1.82, 2.24) is 4.90 Å². The lowest BCUT2D eigenvalue weighted by molar-refractivity contribution is 0.0708. The Bertz CT molecular complexity index is 578. The standard InChI is InChI=1S/C15H21NO3S/c1-3-12-5-7-13(8-6-12)15(17)16(4-2)14-9-10-20(18,19)11-14/h5-8,14H,3-4,9-11H2,1-2H3/t14-/m1/s1. The number of rotatable bonds is 4. The minimum absolute atomic E-state index is 0.0720. The molecule has 0 unspecified atom stereocenters. The SMILES string of the molecule is CCc1ccc(C(=O)N(CC)[C@@H]2CCS(=O)(=O)C2)cc1. The summed E-state index contributed by atoms with van der Waals surface area (Å²) in [6, 6.07) is 7.38. The quantitative estimate of drug-likeness (QED) is 0.852. The number of nitrogens with zero attached hydrogens (tertiary/aromatic N) is 1. The second kappa shape index (κ2) is 5.95. The van der Waals surface area contributed by atoms with Crippen LogP contribution in [0.25, 0.3) is 0 Å². The molecule has 1 fully saturated rings. The molecule has 0 saturated carbocycles. The van der Waals surface area contributed by atoms with E-state index in [0.29, 0.717) is 18.5 Å². The van der Waals surface area contributed by atoms with Crippen LogP contribution in [0.3, 0.4) is 0 Å². The molecule has 0 N–H and O–H groups in total. The van der Waals surface area contributed by atoms with E-state index in [9.17, 15) is 13.2 Å². The van der Waals surface area contributed by atoms with E-state index in [0.717, 1.165) is 6.42 Å². The summed E-state index contributed by atoms with van der Waals surface area (Å²) in [4.78, 5) is 14.2. The van der Waals surface area contributed by atoms with Crippen molar-refractivity contribution in [2.45, 2.75) is 32.7 Å². The monoisotopic (exact) mass is 295 g/mol. The van der Waals surface area contributed by atoms with Gasteiger partial charge in [0, 0.05) is 18.2 Å². The van der Waals surface area contributed by atoms with Gasteiger partial charge in [-0.25, -0.2) is 8.42 Å². The van der Waals surface area contributed by atoms with Gasteiger partial charge >= 0.3 is 0 Å². The van der Waals surface area contributed by atoms with Crippen molar-refractivity contribution in [2.75, 3.05) is 18.1 Å². The number of hydrogen-bond acceptors (Lipinski definition) is 3. The van der Waals surface area contributed by atoms with E-state index in [1.54, 1.807) is 4.90 Å². The first kappa shape index (κ1) is 15.0. The summed E-state index contributed by atoms with van der Waals surface area (Å²) in [6.07, 6.45) is 1.49. The van der Waals surface area contributed by atoms with Crippen LogP contribution in [0.2, 0.25) is 0 Å². The topological polar surface area (TPSA) is 54.5 Å². The molecule has 1 amide bonds. The van der Waals surface area contributed by atoms with Gasteiger partial charge in [0.2, 0.25) is 0 Å². The summed E-state index contributed by atoms with van der Waals surface area (Å²) in [5.41, 5.74) is 1.82. The maximum atomic E-state index is 12.5. The molecule has 0 aliphatic carbocycles. The van der Waals surface area contributed by atoms with Crippen molar-refractivity contribution in [3.05, 3.63) is 35.4 Å². The predicted octanol–water partition coefficient (Wildman–Crippen LogP) is 1.90. The van der Waals surface area contributed by atoms with E-state index < -0.39 is 9.84 Å². The van der Waals surface area contributed by atoms with Crippen LogP contribution in [0.5, 0.6) is 0 Å². The summed E-state index contributed by atoms with van der Waals surface area (Å²) in [7, 11) is -2.97. The number of carbonyl (C=O) groups is 1. The zero-order chi connectivity index (χ0) is 14.8. The molecule has 2 rings (SSSR count). The lowest BCUT2D eigenvalue weighted by atomic mass is 10.1. The molecule has 1 aromatic carbocycles. The largest absolute Gasteiger partial charge is 0.335 e. The Balaban J connectivity index is 2.16. The van der Waals surface area contributed by atoms with Crippen LogP contribution >= 0.6 is 0 Å². The number of sulfone groups is 1. The minimum atomic E-state index is -2.97. The summed E-state index contributed by atoms with van der Waals surface area (Å²) >= 11 is 0. The Kier molecular flexibility index (Phi) is 4.48. The fraction of sp³-hybridized carbons (Fsp3) is 0.533. The van der Waals surface area contributed by atoms with Crippen molar-refractivity contribution < 1.29 is 13.2 Å². The van der Waals surface area contributed by atoms with Crippen LogP contribution in [0.1, 0.15) is 36.2 Å². The van der Waals surface area contributed by atoms with Gasteiger partial charge in [-0.1, -0.05) is 19.1 Å². The molecular weight excluding hydrogens is 274 g/mol. The van der Waals surface area contributed by atoms with Gasteiger partial charge < -0.3 is 4.90 Å². The summed E-state index contributed by atoms with van der Waals surface area (Å²) in [6.45, 7) is 4.50. The fourth-order valence-electron chi connectivity index (χ4n) is 2.64. The Morgan fingerprint density at radius 2 is 1.90 bits per heavy atom. The third kappa shape index (κ3) is 3.20. The highest BCUT2D eigenvalue weighted by Crippen LogP contribution is 2.20. The summed E-state index contributed by atoms with van der Waals surface area (Å²) < 4.78 is 23.1. The molecule has 4 nitrogen and oxygen atoms in total. The third-order valence-electron chi connectivity index (χ3n) is 3.86. The first-order chi connectivity index (χ1) is 9.46. The molecule has 1 aliphatic rings. The summed E-state index contributed by atoms with van der Waals surface area (Å²) in [5, 5.41) is 0. The van der Waals surface area contributed by atoms with E-state index in [-0.39, 0.29) is 23.5 Å². The second-order valence-electron chi connectivity index (χ2n) is 5.20. The molecule has 0 aromatic heterocycles. The lowest BCUT2D eigenvalue weighted by Gasteiger charge is -2.27. The Morgan fingerprint density at radius 3 is 2.35 bits per heavy atom. The van der Waals surface area contributed by atoms with E-state index in [2.05, 4.69) is 6.92 Å². The average Bonchev–Trinajstić information content (AvgIpc) is 2.79.